The van der Waals surface area contributed by atoms with Gasteiger partial charge >= 0.3 is 0 Å². The summed E-state index contributed by atoms with van der Waals surface area (Å²) in [6, 6.07) is 4.04. The molecule has 2 atom stereocenters. The lowest BCUT2D eigenvalue weighted by atomic mass is 9.55. The standard InChI is InChI=1S/C19H25N3O3/c1-24-16-11-13-6-7-18(23)19(15(13)12-17(16)25-2)9-4-3-5-14(19)8-10-21-22-20/h11-12,14H,3-10H2,1-2H3/t14-,19-/m0/s1. The molecule has 0 unspecified atom stereocenters. The molecule has 0 aromatic heterocycles. The fourth-order valence-corrected chi connectivity index (χ4v) is 4.78. The van der Waals surface area contributed by atoms with E-state index in [1.165, 1.54) is 5.56 Å². The van der Waals surface area contributed by atoms with Gasteiger partial charge in [0.1, 0.15) is 5.78 Å². The summed E-state index contributed by atoms with van der Waals surface area (Å²) in [5, 5.41) is 3.71. The molecule has 1 aromatic rings. The Kier molecular flexibility index (Phi) is 5.19. The van der Waals surface area contributed by atoms with E-state index in [1.807, 2.05) is 12.1 Å². The van der Waals surface area contributed by atoms with Gasteiger partial charge in [-0.3, -0.25) is 4.79 Å². The number of hydrogen-bond acceptors (Lipinski definition) is 4. The maximum atomic E-state index is 13.2. The maximum absolute atomic E-state index is 13.2. The highest BCUT2D eigenvalue weighted by Crippen LogP contribution is 2.52. The molecule has 1 saturated carbocycles. The molecule has 134 valence electrons. The lowest BCUT2D eigenvalue weighted by Crippen LogP contribution is -2.48. The molecule has 1 spiro atoms. The second kappa shape index (κ2) is 7.36. The van der Waals surface area contributed by atoms with Crippen molar-refractivity contribution in [1.82, 2.24) is 0 Å². The number of rotatable bonds is 5. The minimum Gasteiger partial charge on any atom is -0.493 e. The number of nitrogens with zero attached hydrogens (tertiary/aromatic N) is 3. The zero-order valence-electron chi connectivity index (χ0n) is 15.0. The highest BCUT2D eigenvalue weighted by Gasteiger charge is 2.50. The van der Waals surface area contributed by atoms with Crippen LogP contribution in [0.4, 0.5) is 0 Å². The maximum Gasteiger partial charge on any atom is 0.161 e. The summed E-state index contributed by atoms with van der Waals surface area (Å²) in [4.78, 5) is 16.0. The van der Waals surface area contributed by atoms with Crippen LogP contribution in [-0.4, -0.2) is 26.5 Å². The molecule has 1 aromatic carbocycles. The quantitative estimate of drug-likeness (QED) is 0.452. The Bertz CT molecular complexity index is 712. The Morgan fingerprint density at radius 1 is 1.24 bits per heavy atom. The first kappa shape index (κ1) is 17.6. The predicted octanol–water partition coefficient (Wildman–Crippen LogP) is 4.35. The van der Waals surface area contributed by atoms with E-state index >= 15 is 0 Å². The van der Waals surface area contributed by atoms with Crippen molar-refractivity contribution in [2.24, 2.45) is 11.0 Å². The Morgan fingerprint density at radius 2 is 2.00 bits per heavy atom. The second-order valence-electron chi connectivity index (χ2n) is 6.94. The molecule has 1 fully saturated rings. The highest BCUT2D eigenvalue weighted by atomic mass is 16.5. The van der Waals surface area contributed by atoms with Crippen molar-refractivity contribution < 1.29 is 14.3 Å². The zero-order chi connectivity index (χ0) is 17.9. The van der Waals surface area contributed by atoms with Crippen molar-refractivity contribution in [2.75, 3.05) is 20.8 Å². The fourth-order valence-electron chi connectivity index (χ4n) is 4.78. The van der Waals surface area contributed by atoms with Crippen molar-refractivity contribution in [2.45, 2.75) is 50.4 Å². The van der Waals surface area contributed by atoms with Crippen molar-refractivity contribution in [3.05, 3.63) is 33.7 Å². The number of benzene rings is 1. The Hall–Kier alpha value is -2.20. The number of fused-ring (bicyclic) bond motifs is 2. The van der Waals surface area contributed by atoms with Gasteiger partial charge < -0.3 is 9.47 Å². The molecular formula is C19H25N3O3. The largest absolute Gasteiger partial charge is 0.493 e. The van der Waals surface area contributed by atoms with Gasteiger partial charge in [-0.15, -0.1) is 0 Å². The van der Waals surface area contributed by atoms with Gasteiger partial charge in [0.25, 0.3) is 0 Å². The van der Waals surface area contributed by atoms with Gasteiger partial charge in [-0.05, 0) is 60.4 Å². The normalized spacial score (nSPS) is 25.2. The number of azide groups is 1. The molecule has 2 aliphatic carbocycles. The van der Waals surface area contributed by atoms with E-state index in [0.29, 0.717) is 30.2 Å². The summed E-state index contributed by atoms with van der Waals surface area (Å²) >= 11 is 0. The Labute approximate surface area is 148 Å². The first-order valence-corrected chi connectivity index (χ1v) is 8.97. The third kappa shape index (κ3) is 2.95. The predicted molar refractivity (Wildman–Crippen MR) is 95.1 cm³/mol. The van der Waals surface area contributed by atoms with Gasteiger partial charge in [-0.2, -0.15) is 0 Å². The van der Waals surface area contributed by atoms with Crippen molar-refractivity contribution in [3.63, 3.8) is 0 Å². The topological polar surface area (TPSA) is 84.3 Å². The minimum absolute atomic E-state index is 0.219. The van der Waals surface area contributed by atoms with E-state index in [-0.39, 0.29) is 5.92 Å². The summed E-state index contributed by atoms with van der Waals surface area (Å²) in [6.45, 7) is 0.443. The average molecular weight is 343 g/mol. The molecular weight excluding hydrogens is 318 g/mol. The van der Waals surface area contributed by atoms with E-state index in [0.717, 1.165) is 44.1 Å². The molecule has 3 rings (SSSR count). The summed E-state index contributed by atoms with van der Waals surface area (Å²) in [7, 11) is 3.26. The summed E-state index contributed by atoms with van der Waals surface area (Å²) in [5.74, 6) is 1.94. The van der Waals surface area contributed by atoms with Crippen LogP contribution < -0.4 is 9.47 Å². The van der Waals surface area contributed by atoms with Crippen LogP contribution in [0.15, 0.2) is 17.2 Å². The molecule has 0 heterocycles. The average Bonchev–Trinajstić information content (AvgIpc) is 2.65. The number of hydrogen-bond donors (Lipinski definition) is 0. The van der Waals surface area contributed by atoms with E-state index in [2.05, 4.69) is 10.0 Å². The van der Waals surface area contributed by atoms with Crippen molar-refractivity contribution in [3.8, 4) is 11.5 Å². The number of ketones is 1. The van der Waals surface area contributed by atoms with Crippen LogP contribution in [0, 0.1) is 5.92 Å². The molecule has 6 nitrogen and oxygen atoms in total. The first-order valence-electron chi connectivity index (χ1n) is 8.97. The van der Waals surface area contributed by atoms with E-state index in [1.54, 1.807) is 14.2 Å². The van der Waals surface area contributed by atoms with E-state index < -0.39 is 5.41 Å². The number of carbonyl (C=O) groups excluding carboxylic acids is 1. The number of Topliss-reactive ketones (excluding diaryl/α,β-unsaturated/α-hetero) is 1. The van der Waals surface area contributed by atoms with Crippen LogP contribution >= 0.6 is 0 Å². The summed E-state index contributed by atoms with van der Waals surface area (Å²) in [5.41, 5.74) is 10.4. The van der Waals surface area contributed by atoms with Crippen LogP contribution in [-0.2, 0) is 16.6 Å². The third-order valence-electron chi connectivity index (χ3n) is 5.92. The van der Waals surface area contributed by atoms with Crippen LogP contribution in [0.2, 0.25) is 0 Å². The van der Waals surface area contributed by atoms with Gasteiger partial charge in [0.15, 0.2) is 11.5 Å². The number of carbonyl (C=O) groups is 1. The van der Waals surface area contributed by atoms with Crippen LogP contribution in [0.1, 0.15) is 49.7 Å². The number of aryl methyl sites for hydroxylation is 1. The van der Waals surface area contributed by atoms with Gasteiger partial charge in [0.2, 0.25) is 0 Å². The van der Waals surface area contributed by atoms with Crippen molar-refractivity contribution in [1.29, 1.82) is 0 Å². The molecule has 6 heteroatoms. The molecule has 25 heavy (non-hydrogen) atoms. The minimum atomic E-state index is -0.462. The SMILES string of the molecule is COc1cc2c(cc1OC)[C@@]1(CCCC[C@H]1CCN=[N+]=[N-])C(=O)CC2. The highest BCUT2D eigenvalue weighted by molar-refractivity contribution is 5.93. The fraction of sp³-hybridized carbons (Fsp3) is 0.632. The van der Waals surface area contributed by atoms with Gasteiger partial charge in [-0.1, -0.05) is 18.0 Å². The van der Waals surface area contributed by atoms with E-state index in [9.17, 15) is 4.79 Å². The molecule has 0 saturated heterocycles. The number of methoxy groups -OCH3 is 2. The molecule has 0 aliphatic heterocycles. The number of ether oxygens (including phenoxy) is 2. The lowest BCUT2D eigenvalue weighted by Gasteiger charge is -2.47. The summed E-state index contributed by atoms with van der Waals surface area (Å²) in [6.07, 6.45) is 6.12. The van der Waals surface area contributed by atoms with Crippen LogP contribution in [0.5, 0.6) is 11.5 Å². The van der Waals surface area contributed by atoms with E-state index in [4.69, 9.17) is 15.0 Å². The summed E-state index contributed by atoms with van der Waals surface area (Å²) < 4.78 is 10.9. The first-order chi connectivity index (χ1) is 12.2. The molecule has 0 amide bonds. The lowest BCUT2D eigenvalue weighted by molar-refractivity contribution is -0.129. The monoisotopic (exact) mass is 343 g/mol. The third-order valence-corrected chi connectivity index (χ3v) is 5.92. The molecule has 0 bridgehead atoms. The Morgan fingerprint density at radius 3 is 2.72 bits per heavy atom. The van der Waals surface area contributed by atoms with Crippen molar-refractivity contribution >= 4 is 5.78 Å². The zero-order valence-corrected chi connectivity index (χ0v) is 15.0. The molecule has 0 N–H and O–H groups in total. The van der Waals surface area contributed by atoms with Gasteiger partial charge in [0.05, 0.1) is 19.6 Å². The van der Waals surface area contributed by atoms with Gasteiger partial charge in [0, 0.05) is 17.9 Å². The van der Waals surface area contributed by atoms with Crippen LogP contribution in [0.3, 0.4) is 0 Å². The molecule has 2 aliphatic rings. The smallest absolute Gasteiger partial charge is 0.161 e. The van der Waals surface area contributed by atoms with Crippen LogP contribution in [0.25, 0.3) is 10.4 Å². The molecule has 0 radical (unpaired) electrons. The Balaban J connectivity index is 2.10. The van der Waals surface area contributed by atoms with Gasteiger partial charge in [-0.25, -0.2) is 0 Å². The second-order valence-corrected chi connectivity index (χ2v) is 6.94.